The zero-order valence-electron chi connectivity index (χ0n) is 14.5. The Bertz CT molecular complexity index is 1090. The van der Waals surface area contributed by atoms with E-state index in [4.69, 9.17) is 4.42 Å². The topological polar surface area (TPSA) is 60.1 Å². The van der Waals surface area contributed by atoms with E-state index in [1.165, 1.54) is 12.1 Å². The van der Waals surface area contributed by atoms with Crippen LogP contribution in [0, 0.1) is 12.7 Å². The second kappa shape index (κ2) is 6.92. The molecule has 0 aliphatic heterocycles. The molecule has 0 saturated carbocycles. The Hall–Kier alpha value is -3.67. The minimum atomic E-state index is -0.413. The zero-order chi connectivity index (χ0) is 18.8. The van der Waals surface area contributed by atoms with Gasteiger partial charge in [-0.05, 0) is 48.9 Å². The highest BCUT2D eigenvalue weighted by atomic mass is 19.1. The molecule has 0 aliphatic carbocycles. The molecule has 0 fully saturated rings. The minimum absolute atomic E-state index is 0.316. The predicted molar refractivity (Wildman–Crippen MR) is 100 cm³/mol. The molecule has 27 heavy (non-hydrogen) atoms. The molecule has 1 amide bonds. The number of benzene rings is 2. The summed E-state index contributed by atoms with van der Waals surface area (Å²) < 4.78 is 20.5. The molecule has 2 aromatic heterocycles. The Labute approximate surface area is 155 Å². The monoisotopic (exact) mass is 361 g/mol. The maximum Gasteiger partial charge on any atom is 0.274 e. The first kappa shape index (κ1) is 16.8. The third-order valence-corrected chi connectivity index (χ3v) is 4.16. The van der Waals surface area contributed by atoms with Gasteiger partial charge in [-0.15, -0.1) is 0 Å². The summed E-state index contributed by atoms with van der Waals surface area (Å²) in [6, 6.07) is 18.8. The van der Waals surface area contributed by atoms with Crippen molar-refractivity contribution in [1.29, 1.82) is 0 Å². The van der Waals surface area contributed by atoms with Crippen LogP contribution in [0.25, 0.3) is 17.1 Å². The molecule has 4 rings (SSSR count). The van der Waals surface area contributed by atoms with E-state index in [-0.39, 0.29) is 0 Å². The van der Waals surface area contributed by atoms with Crippen molar-refractivity contribution in [3.05, 3.63) is 90.1 Å². The molecule has 0 spiro atoms. The molecule has 5 nitrogen and oxygen atoms in total. The number of nitrogens with zero attached hydrogens (tertiary/aromatic N) is 2. The SMILES string of the molecule is Cc1ccc(F)cc1NC(=O)c1cc(-c2ccco2)nn1-c1ccccc1. The summed E-state index contributed by atoms with van der Waals surface area (Å²) in [6.07, 6.45) is 1.55. The molecule has 2 heterocycles. The third kappa shape index (κ3) is 3.37. The van der Waals surface area contributed by atoms with E-state index in [1.54, 1.807) is 42.1 Å². The van der Waals surface area contributed by atoms with Gasteiger partial charge in [0.25, 0.3) is 5.91 Å². The molecule has 0 bridgehead atoms. The maximum atomic E-state index is 13.6. The molecule has 0 atom stereocenters. The van der Waals surface area contributed by atoms with Gasteiger partial charge in [-0.3, -0.25) is 4.79 Å². The van der Waals surface area contributed by atoms with E-state index < -0.39 is 11.7 Å². The van der Waals surface area contributed by atoms with Crippen molar-refractivity contribution in [3.8, 4) is 17.1 Å². The van der Waals surface area contributed by atoms with E-state index >= 15 is 0 Å². The van der Waals surface area contributed by atoms with Gasteiger partial charge < -0.3 is 9.73 Å². The molecule has 0 unspecified atom stereocenters. The number of rotatable bonds is 4. The number of anilines is 1. The normalized spacial score (nSPS) is 10.7. The lowest BCUT2D eigenvalue weighted by molar-refractivity contribution is 0.101. The predicted octanol–water partition coefficient (Wildman–Crippen LogP) is 4.83. The van der Waals surface area contributed by atoms with E-state index in [0.29, 0.717) is 22.8 Å². The number of aryl methyl sites for hydroxylation is 1. The average molecular weight is 361 g/mol. The van der Waals surface area contributed by atoms with Crippen LogP contribution in [0.1, 0.15) is 16.1 Å². The number of para-hydroxylation sites is 1. The molecule has 0 aliphatic rings. The lowest BCUT2D eigenvalue weighted by Crippen LogP contribution is -2.17. The molecule has 0 radical (unpaired) electrons. The first-order valence-corrected chi connectivity index (χ1v) is 8.39. The Kier molecular flexibility index (Phi) is 4.30. The van der Waals surface area contributed by atoms with Crippen LogP contribution in [-0.2, 0) is 0 Å². The number of amides is 1. The number of furan rings is 1. The van der Waals surface area contributed by atoms with Crippen molar-refractivity contribution >= 4 is 11.6 Å². The van der Waals surface area contributed by atoms with Gasteiger partial charge >= 0.3 is 0 Å². The van der Waals surface area contributed by atoms with Crippen LogP contribution < -0.4 is 5.32 Å². The fraction of sp³-hybridized carbons (Fsp3) is 0.0476. The highest BCUT2D eigenvalue weighted by molar-refractivity contribution is 6.04. The summed E-state index contributed by atoms with van der Waals surface area (Å²) >= 11 is 0. The fourth-order valence-electron chi connectivity index (χ4n) is 2.77. The van der Waals surface area contributed by atoms with Crippen LogP contribution in [0.4, 0.5) is 10.1 Å². The highest BCUT2D eigenvalue weighted by Crippen LogP contribution is 2.24. The van der Waals surface area contributed by atoms with E-state index in [2.05, 4.69) is 10.4 Å². The summed E-state index contributed by atoms with van der Waals surface area (Å²) in [5.74, 6) is -0.248. The van der Waals surface area contributed by atoms with E-state index in [1.807, 2.05) is 30.3 Å². The number of carbonyl (C=O) groups excluding carboxylic acids is 1. The van der Waals surface area contributed by atoms with Crippen molar-refractivity contribution in [3.63, 3.8) is 0 Å². The van der Waals surface area contributed by atoms with Crippen molar-refractivity contribution in [2.45, 2.75) is 6.92 Å². The first-order valence-electron chi connectivity index (χ1n) is 8.39. The van der Waals surface area contributed by atoms with Crippen LogP contribution in [0.2, 0.25) is 0 Å². The van der Waals surface area contributed by atoms with Crippen molar-refractivity contribution in [1.82, 2.24) is 9.78 Å². The van der Waals surface area contributed by atoms with Gasteiger partial charge in [-0.25, -0.2) is 9.07 Å². The maximum absolute atomic E-state index is 13.6. The van der Waals surface area contributed by atoms with E-state index in [0.717, 1.165) is 11.3 Å². The molecule has 6 heteroatoms. The van der Waals surface area contributed by atoms with Crippen LogP contribution in [0.3, 0.4) is 0 Å². The summed E-state index contributed by atoms with van der Waals surface area (Å²) in [5.41, 5.74) is 2.76. The lowest BCUT2D eigenvalue weighted by Gasteiger charge is -2.10. The molecule has 0 saturated heterocycles. The highest BCUT2D eigenvalue weighted by Gasteiger charge is 2.19. The summed E-state index contributed by atoms with van der Waals surface area (Å²) in [5, 5.41) is 7.28. The summed E-state index contributed by atoms with van der Waals surface area (Å²) in [4.78, 5) is 12.9. The van der Waals surface area contributed by atoms with Crippen LogP contribution in [0.5, 0.6) is 0 Å². The van der Waals surface area contributed by atoms with Gasteiger partial charge in [-0.1, -0.05) is 24.3 Å². The largest absolute Gasteiger partial charge is 0.463 e. The van der Waals surface area contributed by atoms with Crippen LogP contribution in [-0.4, -0.2) is 15.7 Å². The van der Waals surface area contributed by atoms with Gasteiger partial charge in [0, 0.05) is 11.8 Å². The average Bonchev–Trinajstić information content (AvgIpc) is 3.35. The van der Waals surface area contributed by atoms with Gasteiger partial charge in [-0.2, -0.15) is 5.10 Å². The van der Waals surface area contributed by atoms with Gasteiger partial charge in [0.05, 0.1) is 12.0 Å². The molecular weight excluding hydrogens is 345 g/mol. The Morgan fingerprint density at radius 2 is 1.89 bits per heavy atom. The quantitative estimate of drug-likeness (QED) is 0.566. The second-order valence-electron chi connectivity index (χ2n) is 6.05. The number of hydrogen-bond acceptors (Lipinski definition) is 3. The van der Waals surface area contributed by atoms with Gasteiger partial charge in [0.2, 0.25) is 0 Å². The molecule has 134 valence electrons. The summed E-state index contributed by atoms with van der Waals surface area (Å²) in [7, 11) is 0. The van der Waals surface area contributed by atoms with Crippen LogP contribution in [0.15, 0.2) is 77.4 Å². The smallest absolute Gasteiger partial charge is 0.274 e. The standard InChI is InChI=1S/C21H16FN3O2/c1-14-9-10-15(22)12-17(14)23-21(26)19-13-18(20-8-5-11-27-20)24-25(19)16-6-3-2-4-7-16/h2-13H,1H3,(H,23,26). The van der Waals surface area contributed by atoms with Gasteiger partial charge in [0.1, 0.15) is 17.2 Å². The van der Waals surface area contributed by atoms with Gasteiger partial charge in [0.15, 0.2) is 5.76 Å². The second-order valence-corrected chi connectivity index (χ2v) is 6.05. The third-order valence-electron chi connectivity index (χ3n) is 4.16. The van der Waals surface area contributed by atoms with E-state index in [9.17, 15) is 9.18 Å². The Morgan fingerprint density at radius 3 is 2.63 bits per heavy atom. The molecule has 4 aromatic rings. The zero-order valence-corrected chi connectivity index (χ0v) is 14.5. The Morgan fingerprint density at radius 1 is 1.07 bits per heavy atom. The van der Waals surface area contributed by atoms with Crippen LogP contribution >= 0.6 is 0 Å². The number of hydrogen-bond donors (Lipinski definition) is 1. The lowest BCUT2D eigenvalue weighted by atomic mass is 10.2. The number of aromatic nitrogens is 2. The molecule has 2 aromatic carbocycles. The fourth-order valence-corrected chi connectivity index (χ4v) is 2.77. The minimum Gasteiger partial charge on any atom is -0.463 e. The molecule has 1 N–H and O–H groups in total. The number of nitrogens with one attached hydrogen (secondary N) is 1. The number of halogens is 1. The Balaban J connectivity index is 1.76. The van der Waals surface area contributed by atoms with Crippen molar-refractivity contribution in [2.75, 3.05) is 5.32 Å². The number of carbonyl (C=O) groups is 1. The first-order chi connectivity index (χ1) is 13.1. The van der Waals surface area contributed by atoms with Crippen molar-refractivity contribution < 1.29 is 13.6 Å². The summed E-state index contributed by atoms with van der Waals surface area (Å²) in [6.45, 7) is 1.80. The molecular formula is C21H16FN3O2. The van der Waals surface area contributed by atoms with Crippen molar-refractivity contribution in [2.24, 2.45) is 0 Å².